The zero-order valence-corrected chi connectivity index (χ0v) is 14.3. The number of carbonyl (C=O) groups is 1. The molecule has 0 aromatic carbocycles. The maximum absolute atomic E-state index is 12.7. The molecule has 3 aliphatic rings. The first kappa shape index (κ1) is 16.8. The second kappa shape index (κ2) is 7.27. The van der Waals surface area contributed by atoms with Crippen molar-refractivity contribution in [2.75, 3.05) is 39.5 Å². The normalized spacial score (nSPS) is 23.8. The maximum atomic E-state index is 12.7. The van der Waals surface area contributed by atoms with Crippen molar-refractivity contribution in [3.05, 3.63) is 23.9 Å². The Balaban J connectivity index is 1.33. The van der Waals surface area contributed by atoms with Gasteiger partial charge in [-0.2, -0.15) is 0 Å². The zero-order valence-electron chi connectivity index (χ0n) is 14.3. The largest absolute Gasteiger partial charge is 0.474 e. The molecule has 0 N–H and O–H groups in total. The molecule has 136 valence electrons. The number of likely N-dealkylation sites (tertiary alicyclic amines) is 1. The van der Waals surface area contributed by atoms with Gasteiger partial charge in [-0.1, -0.05) is 0 Å². The summed E-state index contributed by atoms with van der Waals surface area (Å²) in [5, 5.41) is 0. The Hall–Kier alpha value is -1.70. The van der Waals surface area contributed by atoms with Crippen LogP contribution in [-0.2, 0) is 14.2 Å². The number of carbonyl (C=O) groups excluding carboxylic acids is 1. The molecule has 0 saturated carbocycles. The third-order valence-electron chi connectivity index (χ3n) is 5.07. The highest BCUT2D eigenvalue weighted by molar-refractivity contribution is 5.94. The van der Waals surface area contributed by atoms with E-state index in [1.54, 1.807) is 18.3 Å². The first-order valence-corrected chi connectivity index (χ1v) is 9.02. The Morgan fingerprint density at radius 3 is 2.48 bits per heavy atom. The molecule has 3 fully saturated rings. The molecular weight excluding hydrogens is 324 g/mol. The molecule has 0 unspecified atom stereocenters. The van der Waals surface area contributed by atoms with Crippen LogP contribution in [0.15, 0.2) is 18.3 Å². The first-order valence-electron chi connectivity index (χ1n) is 9.02. The van der Waals surface area contributed by atoms with E-state index in [9.17, 15) is 4.79 Å². The standard InChI is InChI=1S/C18H24N2O5/c21-17(20-7-5-18(6-8-20)23-11-12-24-18)14-1-2-16(19-13-14)25-15-3-9-22-10-4-15/h1-2,13,15H,3-12H2. The Morgan fingerprint density at radius 2 is 1.84 bits per heavy atom. The van der Waals surface area contributed by atoms with Crippen molar-refractivity contribution in [3.8, 4) is 5.88 Å². The van der Waals surface area contributed by atoms with Gasteiger partial charge in [-0.3, -0.25) is 4.79 Å². The second-order valence-electron chi connectivity index (χ2n) is 6.71. The molecule has 0 radical (unpaired) electrons. The van der Waals surface area contributed by atoms with E-state index in [4.69, 9.17) is 18.9 Å². The molecule has 4 heterocycles. The molecular formula is C18H24N2O5. The molecule has 1 amide bonds. The minimum absolute atomic E-state index is 0.00189. The third-order valence-corrected chi connectivity index (χ3v) is 5.07. The van der Waals surface area contributed by atoms with Crippen LogP contribution < -0.4 is 4.74 Å². The van der Waals surface area contributed by atoms with E-state index < -0.39 is 5.79 Å². The summed E-state index contributed by atoms with van der Waals surface area (Å²) in [5.41, 5.74) is 0.587. The maximum Gasteiger partial charge on any atom is 0.255 e. The van der Waals surface area contributed by atoms with Gasteiger partial charge in [0.05, 0.1) is 32.0 Å². The molecule has 1 spiro atoms. The van der Waals surface area contributed by atoms with Gasteiger partial charge in [0, 0.05) is 51.0 Å². The zero-order chi connectivity index (χ0) is 17.1. The Labute approximate surface area is 147 Å². The fourth-order valence-corrected chi connectivity index (χ4v) is 3.56. The van der Waals surface area contributed by atoms with Gasteiger partial charge in [-0.25, -0.2) is 4.98 Å². The molecule has 0 bridgehead atoms. The molecule has 25 heavy (non-hydrogen) atoms. The number of aromatic nitrogens is 1. The van der Waals surface area contributed by atoms with Crippen LogP contribution in [0.2, 0.25) is 0 Å². The number of piperidine rings is 1. The fourth-order valence-electron chi connectivity index (χ4n) is 3.56. The van der Waals surface area contributed by atoms with Crippen molar-refractivity contribution in [3.63, 3.8) is 0 Å². The van der Waals surface area contributed by atoms with Crippen LogP contribution in [-0.4, -0.2) is 67.2 Å². The summed E-state index contributed by atoms with van der Waals surface area (Å²) in [5.74, 6) is 0.1000. The van der Waals surface area contributed by atoms with Gasteiger partial charge in [0.2, 0.25) is 5.88 Å². The number of hydrogen-bond acceptors (Lipinski definition) is 6. The fraction of sp³-hybridized carbons (Fsp3) is 0.667. The van der Waals surface area contributed by atoms with Gasteiger partial charge in [0.1, 0.15) is 6.10 Å². The summed E-state index contributed by atoms with van der Waals surface area (Å²) >= 11 is 0. The van der Waals surface area contributed by atoms with Gasteiger partial charge in [-0.05, 0) is 6.07 Å². The van der Waals surface area contributed by atoms with Crippen LogP contribution in [0.5, 0.6) is 5.88 Å². The van der Waals surface area contributed by atoms with Crippen LogP contribution in [0.3, 0.4) is 0 Å². The Kier molecular flexibility index (Phi) is 4.87. The lowest BCUT2D eigenvalue weighted by Crippen LogP contribution is -2.47. The summed E-state index contributed by atoms with van der Waals surface area (Å²) in [7, 11) is 0. The molecule has 4 rings (SSSR count). The number of pyridine rings is 1. The Morgan fingerprint density at radius 1 is 1.12 bits per heavy atom. The highest BCUT2D eigenvalue weighted by Gasteiger charge is 2.40. The number of amides is 1. The summed E-state index contributed by atoms with van der Waals surface area (Å²) in [4.78, 5) is 18.8. The third kappa shape index (κ3) is 3.78. The van der Waals surface area contributed by atoms with E-state index in [1.165, 1.54) is 0 Å². The molecule has 3 saturated heterocycles. The quantitative estimate of drug-likeness (QED) is 0.827. The van der Waals surface area contributed by atoms with E-state index in [0.717, 1.165) is 38.9 Å². The van der Waals surface area contributed by atoms with Crippen molar-refractivity contribution < 1.29 is 23.7 Å². The lowest BCUT2D eigenvalue weighted by Gasteiger charge is -2.37. The number of ether oxygens (including phenoxy) is 4. The van der Waals surface area contributed by atoms with Gasteiger partial charge >= 0.3 is 0 Å². The van der Waals surface area contributed by atoms with Crippen molar-refractivity contribution >= 4 is 5.91 Å². The summed E-state index contributed by atoms with van der Waals surface area (Å²) in [6.07, 6.45) is 4.94. The predicted octanol–water partition coefficient (Wildman–Crippen LogP) is 1.62. The lowest BCUT2D eigenvalue weighted by molar-refractivity contribution is -0.181. The molecule has 3 aliphatic heterocycles. The molecule has 7 nitrogen and oxygen atoms in total. The van der Waals surface area contributed by atoms with Gasteiger partial charge in [-0.15, -0.1) is 0 Å². The Bertz CT molecular complexity index is 584. The van der Waals surface area contributed by atoms with Crippen LogP contribution in [0, 0.1) is 0 Å². The highest BCUT2D eigenvalue weighted by atomic mass is 16.7. The van der Waals surface area contributed by atoms with E-state index in [-0.39, 0.29) is 12.0 Å². The van der Waals surface area contributed by atoms with Crippen molar-refractivity contribution in [1.29, 1.82) is 0 Å². The topological polar surface area (TPSA) is 70.1 Å². The second-order valence-corrected chi connectivity index (χ2v) is 6.71. The smallest absolute Gasteiger partial charge is 0.255 e. The number of hydrogen-bond donors (Lipinski definition) is 0. The van der Waals surface area contributed by atoms with E-state index >= 15 is 0 Å². The summed E-state index contributed by atoms with van der Waals surface area (Å²) in [6, 6.07) is 3.56. The minimum Gasteiger partial charge on any atom is -0.474 e. The van der Waals surface area contributed by atoms with Gasteiger partial charge in [0.25, 0.3) is 5.91 Å². The molecule has 0 aliphatic carbocycles. The van der Waals surface area contributed by atoms with Crippen molar-refractivity contribution in [1.82, 2.24) is 9.88 Å². The molecule has 7 heteroatoms. The van der Waals surface area contributed by atoms with E-state index in [1.807, 2.05) is 4.90 Å². The average molecular weight is 348 g/mol. The summed E-state index contributed by atoms with van der Waals surface area (Å²) in [6.45, 7) is 4.02. The van der Waals surface area contributed by atoms with Crippen LogP contribution in [0.4, 0.5) is 0 Å². The number of nitrogens with zero attached hydrogens (tertiary/aromatic N) is 2. The lowest BCUT2D eigenvalue weighted by atomic mass is 10.0. The average Bonchev–Trinajstić information content (AvgIpc) is 3.11. The SMILES string of the molecule is O=C(c1ccc(OC2CCOCC2)nc1)N1CCC2(CC1)OCCO2. The first-order chi connectivity index (χ1) is 12.2. The minimum atomic E-state index is -0.462. The van der Waals surface area contributed by atoms with E-state index in [2.05, 4.69) is 4.98 Å². The van der Waals surface area contributed by atoms with Crippen LogP contribution in [0.1, 0.15) is 36.0 Å². The molecule has 1 aromatic rings. The van der Waals surface area contributed by atoms with Gasteiger partial charge < -0.3 is 23.8 Å². The summed E-state index contributed by atoms with van der Waals surface area (Å²) < 4.78 is 22.6. The van der Waals surface area contributed by atoms with Gasteiger partial charge in [0.15, 0.2) is 5.79 Å². The highest BCUT2D eigenvalue weighted by Crippen LogP contribution is 2.31. The predicted molar refractivity (Wildman–Crippen MR) is 88.5 cm³/mol. The van der Waals surface area contributed by atoms with Crippen LogP contribution in [0.25, 0.3) is 0 Å². The monoisotopic (exact) mass is 348 g/mol. The number of rotatable bonds is 3. The van der Waals surface area contributed by atoms with Crippen molar-refractivity contribution in [2.24, 2.45) is 0 Å². The van der Waals surface area contributed by atoms with Crippen LogP contribution >= 0.6 is 0 Å². The molecule has 1 aromatic heterocycles. The molecule has 0 atom stereocenters. The van der Waals surface area contributed by atoms with Crippen molar-refractivity contribution in [2.45, 2.75) is 37.6 Å². The van der Waals surface area contributed by atoms with E-state index in [0.29, 0.717) is 37.7 Å².